The lowest BCUT2D eigenvalue weighted by atomic mass is 10.1. The molecule has 2 N–H and O–H groups in total. The molecule has 1 amide bonds. The fourth-order valence-electron chi connectivity index (χ4n) is 3.32. The molecular weight excluding hydrogens is 374 g/mol. The number of nitrogens with one attached hydrogen (secondary N) is 1. The van der Waals surface area contributed by atoms with Gasteiger partial charge in [-0.25, -0.2) is 9.78 Å². The molecule has 29 heavy (non-hydrogen) atoms. The van der Waals surface area contributed by atoms with Gasteiger partial charge in [0.05, 0.1) is 18.0 Å². The molecule has 146 valence electrons. The number of anilines is 1. The Labute approximate surface area is 165 Å². The van der Waals surface area contributed by atoms with Gasteiger partial charge in [0.15, 0.2) is 0 Å². The minimum absolute atomic E-state index is 0.167. The number of carbonyl (C=O) groups is 2. The van der Waals surface area contributed by atoms with E-state index in [1.165, 1.54) is 12.1 Å². The summed E-state index contributed by atoms with van der Waals surface area (Å²) in [5.74, 6) is -1.41. The molecule has 0 saturated heterocycles. The highest BCUT2D eigenvalue weighted by Crippen LogP contribution is 2.28. The SMILES string of the molecule is COc1ccc(/C=C2\CCn3c2nc2cc(NC(=O)C(=O)O)ccc2c3=O)cc1. The first kappa shape index (κ1) is 18.4. The van der Waals surface area contributed by atoms with Crippen LogP contribution in [0.2, 0.25) is 0 Å². The number of carbonyl (C=O) groups excluding carboxylic acids is 1. The second kappa shape index (κ2) is 7.23. The zero-order chi connectivity index (χ0) is 20.5. The zero-order valence-corrected chi connectivity index (χ0v) is 15.5. The molecule has 1 aliphatic rings. The van der Waals surface area contributed by atoms with E-state index in [-0.39, 0.29) is 11.2 Å². The lowest BCUT2D eigenvalue weighted by Gasteiger charge is -2.08. The van der Waals surface area contributed by atoms with Gasteiger partial charge in [-0.2, -0.15) is 0 Å². The summed E-state index contributed by atoms with van der Waals surface area (Å²) < 4.78 is 6.80. The zero-order valence-electron chi connectivity index (χ0n) is 15.5. The monoisotopic (exact) mass is 391 g/mol. The number of aromatic nitrogens is 2. The second-order valence-electron chi connectivity index (χ2n) is 6.58. The fraction of sp³-hybridized carbons (Fsp3) is 0.143. The molecule has 2 heterocycles. The van der Waals surface area contributed by atoms with Crippen LogP contribution in [-0.2, 0) is 16.1 Å². The predicted octanol–water partition coefficient (Wildman–Crippen LogP) is 2.37. The highest BCUT2D eigenvalue weighted by atomic mass is 16.5. The Hall–Kier alpha value is -3.94. The van der Waals surface area contributed by atoms with Crippen LogP contribution in [-0.4, -0.2) is 33.6 Å². The van der Waals surface area contributed by atoms with Crippen molar-refractivity contribution in [1.29, 1.82) is 0 Å². The molecule has 0 unspecified atom stereocenters. The van der Waals surface area contributed by atoms with E-state index in [1.807, 2.05) is 30.3 Å². The van der Waals surface area contributed by atoms with Gasteiger partial charge in [-0.3, -0.25) is 14.2 Å². The van der Waals surface area contributed by atoms with E-state index >= 15 is 0 Å². The Morgan fingerprint density at radius 1 is 1.21 bits per heavy atom. The Morgan fingerprint density at radius 3 is 2.66 bits per heavy atom. The average Bonchev–Trinajstić information content (AvgIpc) is 3.11. The Kier molecular flexibility index (Phi) is 4.59. The number of hydrogen-bond donors (Lipinski definition) is 2. The molecular formula is C21H17N3O5. The van der Waals surface area contributed by atoms with Crippen LogP contribution in [0, 0.1) is 0 Å². The molecule has 1 aromatic heterocycles. The van der Waals surface area contributed by atoms with E-state index in [2.05, 4.69) is 10.3 Å². The average molecular weight is 391 g/mol. The molecule has 0 atom stereocenters. The van der Waals surface area contributed by atoms with Gasteiger partial charge in [-0.1, -0.05) is 12.1 Å². The third-order valence-corrected chi connectivity index (χ3v) is 4.76. The van der Waals surface area contributed by atoms with Crippen LogP contribution >= 0.6 is 0 Å². The van der Waals surface area contributed by atoms with Crippen molar-refractivity contribution in [2.45, 2.75) is 13.0 Å². The van der Waals surface area contributed by atoms with E-state index in [4.69, 9.17) is 9.84 Å². The molecule has 0 aliphatic carbocycles. The smallest absolute Gasteiger partial charge is 0.394 e. The van der Waals surface area contributed by atoms with Gasteiger partial charge >= 0.3 is 11.9 Å². The van der Waals surface area contributed by atoms with Crippen LogP contribution in [0.15, 0.2) is 47.3 Å². The molecule has 8 nitrogen and oxygen atoms in total. The first-order valence-corrected chi connectivity index (χ1v) is 8.90. The van der Waals surface area contributed by atoms with Crippen molar-refractivity contribution < 1.29 is 19.4 Å². The summed E-state index contributed by atoms with van der Waals surface area (Å²) in [7, 11) is 1.61. The van der Waals surface area contributed by atoms with Crippen molar-refractivity contribution in [3.63, 3.8) is 0 Å². The fourth-order valence-corrected chi connectivity index (χ4v) is 3.32. The van der Waals surface area contributed by atoms with Crippen LogP contribution in [0.1, 0.15) is 17.8 Å². The largest absolute Gasteiger partial charge is 0.497 e. The maximum atomic E-state index is 12.8. The van der Waals surface area contributed by atoms with Gasteiger partial charge in [0.25, 0.3) is 5.56 Å². The molecule has 0 spiro atoms. The summed E-state index contributed by atoms with van der Waals surface area (Å²) in [5.41, 5.74) is 2.38. The van der Waals surface area contributed by atoms with Crippen molar-refractivity contribution >= 4 is 40.1 Å². The highest BCUT2D eigenvalue weighted by molar-refractivity contribution is 6.36. The van der Waals surface area contributed by atoms with Gasteiger partial charge in [0.1, 0.15) is 11.6 Å². The summed E-state index contributed by atoms with van der Waals surface area (Å²) in [6.07, 6.45) is 2.65. The van der Waals surface area contributed by atoms with E-state index in [0.29, 0.717) is 29.7 Å². The molecule has 0 saturated carbocycles. The van der Waals surface area contributed by atoms with Crippen LogP contribution in [0.3, 0.4) is 0 Å². The summed E-state index contributed by atoms with van der Waals surface area (Å²) >= 11 is 0. The molecule has 1 aliphatic heterocycles. The highest BCUT2D eigenvalue weighted by Gasteiger charge is 2.21. The number of carboxylic acids is 1. The number of methoxy groups -OCH3 is 1. The number of amides is 1. The predicted molar refractivity (Wildman–Crippen MR) is 108 cm³/mol. The Morgan fingerprint density at radius 2 is 1.97 bits per heavy atom. The summed E-state index contributed by atoms with van der Waals surface area (Å²) in [6.45, 7) is 0.538. The number of ether oxygens (including phenoxy) is 1. The third kappa shape index (κ3) is 3.47. The normalized spacial score (nSPS) is 14.0. The third-order valence-electron chi connectivity index (χ3n) is 4.76. The molecule has 4 rings (SSSR count). The summed E-state index contributed by atoms with van der Waals surface area (Å²) in [6, 6.07) is 12.1. The number of nitrogens with zero attached hydrogens (tertiary/aromatic N) is 2. The van der Waals surface area contributed by atoms with E-state index in [9.17, 15) is 14.4 Å². The molecule has 8 heteroatoms. The van der Waals surface area contributed by atoms with Crippen molar-refractivity contribution in [2.24, 2.45) is 0 Å². The van der Waals surface area contributed by atoms with Crippen molar-refractivity contribution in [3.8, 4) is 5.75 Å². The maximum absolute atomic E-state index is 12.8. The van der Waals surface area contributed by atoms with Gasteiger partial charge in [0, 0.05) is 12.2 Å². The molecule has 3 aromatic rings. The van der Waals surface area contributed by atoms with E-state index < -0.39 is 11.9 Å². The Bertz CT molecular complexity index is 1230. The van der Waals surface area contributed by atoms with Crippen molar-refractivity contribution in [2.75, 3.05) is 12.4 Å². The first-order valence-electron chi connectivity index (χ1n) is 8.90. The van der Waals surface area contributed by atoms with Gasteiger partial charge < -0.3 is 15.2 Å². The minimum Gasteiger partial charge on any atom is -0.497 e. The summed E-state index contributed by atoms with van der Waals surface area (Å²) in [4.78, 5) is 39.6. The molecule has 0 bridgehead atoms. The second-order valence-corrected chi connectivity index (χ2v) is 6.58. The lowest BCUT2D eigenvalue weighted by Crippen LogP contribution is -2.23. The van der Waals surface area contributed by atoms with Crippen LogP contribution < -0.4 is 15.6 Å². The molecule has 0 radical (unpaired) electrons. The molecule has 0 fully saturated rings. The Balaban J connectivity index is 1.76. The van der Waals surface area contributed by atoms with Crippen molar-refractivity contribution in [1.82, 2.24) is 9.55 Å². The maximum Gasteiger partial charge on any atom is 0.394 e. The summed E-state index contributed by atoms with van der Waals surface area (Å²) in [5, 5.41) is 11.4. The van der Waals surface area contributed by atoms with Crippen LogP contribution in [0.4, 0.5) is 5.69 Å². The first-order chi connectivity index (χ1) is 14.0. The minimum atomic E-state index is -1.59. The quantitative estimate of drug-likeness (QED) is 0.663. The number of carboxylic acid groups (broad SMARTS) is 1. The van der Waals surface area contributed by atoms with Crippen LogP contribution in [0.25, 0.3) is 22.6 Å². The molecule has 2 aromatic carbocycles. The number of allylic oxidation sites excluding steroid dienone is 1. The van der Waals surface area contributed by atoms with Gasteiger partial charge in [0.2, 0.25) is 0 Å². The number of hydrogen-bond acceptors (Lipinski definition) is 5. The number of benzene rings is 2. The number of aliphatic carboxylic acids is 1. The standard InChI is InChI=1S/C21H17N3O5/c1-29-15-5-2-12(3-6-15)10-13-8-9-24-18(13)23-17-11-14(22-19(25)21(27)28)4-7-16(17)20(24)26/h2-7,10-11H,8-9H2,1H3,(H,22,25)(H,27,28)/b13-10+. The van der Waals surface area contributed by atoms with E-state index in [1.54, 1.807) is 17.7 Å². The van der Waals surface area contributed by atoms with E-state index in [0.717, 1.165) is 16.9 Å². The topological polar surface area (TPSA) is 111 Å². The van der Waals surface area contributed by atoms with Crippen LogP contribution in [0.5, 0.6) is 5.75 Å². The van der Waals surface area contributed by atoms with Gasteiger partial charge in [-0.05, 0) is 54.0 Å². The number of rotatable bonds is 3. The van der Waals surface area contributed by atoms with Gasteiger partial charge in [-0.15, -0.1) is 0 Å². The van der Waals surface area contributed by atoms with Crippen molar-refractivity contribution in [3.05, 3.63) is 64.2 Å². The lowest BCUT2D eigenvalue weighted by molar-refractivity contribution is -0.147. The number of fused-ring (bicyclic) bond motifs is 2.